The van der Waals surface area contributed by atoms with Gasteiger partial charge in [-0.3, -0.25) is 0 Å². The molecule has 1 N–H and O–H groups in total. The first kappa shape index (κ1) is 12.0. The van der Waals surface area contributed by atoms with Gasteiger partial charge in [-0.1, -0.05) is 0 Å². The Morgan fingerprint density at radius 3 is 2.23 bits per heavy atom. The molecule has 7 heteroatoms. The molecule has 0 aromatic heterocycles. The molecule has 78 valence electrons. The lowest BCUT2D eigenvalue weighted by Gasteiger charge is -2.17. The predicted octanol–water partition coefficient (Wildman–Crippen LogP) is 1.16. The summed E-state index contributed by atoms with van der Waals surface area (Å²) in [5.41, 5.74) is 0. The maximum absolute atomic E-state index is 12.2. The van der Waals surface area contributed by atoms with Gasteiger partial charge >= 0.3 is 18.4 Å². The maximum Gasteiger partial charge on any atom is 0.324 e. The van der Waals surface area contributed by atoms with Gasteiger partial charge in [-0.15, -0.1) is 0 Å². The maximum atomic E-state index is 12.2. The van der Waals surface area contributed by atoms with Crippen LogP contribution in [0, 0.1) is 0 Å². The molecule has 0 unspecified atom stereocenters. The molecule has 0 rings (SSSR count). The Bertz CT molecular complexity index is 183. The van der Waals surface area contributed by atoms with Crippen LogP contribution in [0.5, 0.6) is 0 Å². The zero-order valence-corrected chi connectivity index (χ0v) is 7.15. The third-order valence-corrected chi connectivity index (χ3v) is 1.20. The smallest absolute Gasteiger partial charge is 0.324 e. The van der Waals surface area contributed by atoms with E-state index >= 15 is 0 Å². The van der Waals surface area contributed by atoms with Crippen LogP contribution < -0.4 is 5.32 Å². The highest BCUT2D eigenvalue weighted by Gasteiger charge is 2.40. The Balaban J connectivity index is 3.95. The first-order valence-electron chi connectivity index (χ1n) is 3.38. The van der Waals surface area contributed by atoms with Crippen molar-refractivity contribution in [3.8, 4) is 0 Å². The molecule has 0 saturated heterocycles. The second-order valence-electron chi connectivity index (χ2n) is 2.61. The Morgan fingerprint density at radius 1 is 1.46 bits per heavy atom. The second kappa shape index (κ2) is 4.29. The molecule has 0 aromatic carbocycles. The van der Waals surface area contributed by atoms with Crippen molar-refractivity contribution in [2.24, 2.45) is 0 Å². The van der Waals surface area contributed by atoms with Crippen molar-refractivity contribution in [1.82, 2.24) is 10.2 Å². The fraction of sp³-hybridized carbons (Fsp3) is 0.833. The molecular formula is C6H10F4N2O. The van der Waals surface area contributed by atoms with Crippen molar-refractivity contribution in [2.45, 2.75) is 12.3 Å². The van der Waals surface area contributed by atoms with Crippen LogP contribution >= 0.6 is 0 Å². The number of nitrogens with zero attached hydrogens (tertiary/aromatic N) is 1. The molecule has 0 radical (unpaired) electrons. The van der Waals surface area contributed by atoms with Gasteiger partial charge in [0.1, 0.15) is 0 Å². The van der Waals surface area contributed by atoms with Gasteiger partial charge in [-0.2, -0.15) is 8.78 Å². The number of alkyl halides is 4. The zero-order valence-electron chi connectivity index (χ0n) is 7.15. The van der Waals surface area contributed by atoms with Gasteiger partial charge in [0.15, 0.2) is 0 Å². The molecule has 0 spiro atoms. The van der Waals surface area contributed by atoms with Crippen molar-refractivity contribution >= 4 is 6.03 Å². The number of nitrogens with one attached hydrogen (secondary N) is 1. The number of hydrogen-bond donors (Lipinski definition) is 1. The highest BCUT2D eigenvalue weighted by Crippen LogP contribution is 2.21. The molecule has 0 saturated carbocycles. The average Bonchev–Trinajstić information content (AvgIpc) is 1.99. The molecule has 2 amide bonds. The number of rotatable bonds is 3. The molecule has 0 heterocycles. The van der Waals surface area contributed by atoms with Crippen molar-refractivity contribution in [1.29, 1.82) is 0 Å². The molecule has 0 atom stereocenters. The van der Waals surface area contributed by atoms with Gasteiger partial charge < -0.3 is 10.2 Å². The molecule has 0 aliphatic rings. The lowest BCUT2D eigenvalue weighted by atomic mass is 10.3. The monoisotopic (exact) mass is 202 g/mol. The van der Waals surface area contributed by atoms with E-state index in [1.54, 1.807) is 5.32 Å². The third-order valence-electron chi connectivity index (χ3n) is 1.20. The molecule has 3 nitrogen and oxygen atoms in total. The van der Waals surface area contributed by atoms with Crippen molar-refractivity contribution in [3.63, 3.8) is 0 Å². The van der Waals surface area contributed by atoms with Gasteiger partial charge in [0.2, 0.25) is 0 Å². The first-order valence-corrected chi connectivity index (χ1v) is 3.38. The Kier molecular flexibility index (Phi) is 3.96. The summed E-state index contributed by atoms with van der Waals surface area (Å²) in [5, 5.41) is 1.66. The quantitative estimate of drug-likeness (QED) is 0.684. The van der Waals surface area contributed by atoms with Crippen LogP contribution in [-0.4, -0.2) is 43.9 Å². The number of amides is 2. The fourth-order valence-electron chi connectivity index (χ4n) is 0.429. The van der Waals surface area contributed by atoms with Crippen molar-refractivity contribution in [3.05, 3.63) is 0 Å². The van der Waals surface area contributed by atoms with Crippen LogP contribution in [-0.2, 0) is 0 Å². The highest BCUT2D eigenvalue weighted by atomic mass is 19.3. The summed E-state index contributed by atoms with van der Waals surface area (Å²) in [6.07, 6.45) is -3.77. The van der Waals surface area contributed by atoms with Gasteiger partial charge in [0.25, 0.3) is 0 Å². The second-order valence-corrected chi connectivity index (χ2v) is 2.61. The fourth-order valence-corrected chi connectivity index (χ4v) is 0.429. The van der Waals surface area contributed by atoms with E-state index in [1.165, 1.54) is 14.1 Å². The summed E-state index contributed by atoms with van der Waals surface area (Å²) in [7, 11) is 2.63. The van der Waals surface area contributed by atoms with Crippen molar-refractivity contribution < 1.29 is 22.4 Å². The number of hydrogen-bond acceptors (Lipinski definition) is 1. The summed E-state index contributed by atoms with van der Waals surface area (Å²) in [6, 6.07) is -0.833. The minimum atomic E-state index is -4.17. The number of carbonyl (C=O) groups excluding carboxylic acids is 1. The van der Waals surface area contributed by atoms with E-state index in [0.29, 0.717) is 0 Å². The van der Waals surface area contributed by atoms with Crippen LogP contribution in [0.15, 0.2) is 0 Å². The minimum Gasteiger partial charge on any atom is -0.332 e. The first-order chi connectivity index (χ1) is 5.77. The summed E-state index contributed by atoms with van der Waals surface area (Å²) >= 11 is 0. The molecule has 13 heavy (non-hydrogen) atoms. The highest BCUT2D eigenvalue weighted by molar-refractivity contribution is 5.73. The van der Waals surface area contributed by atoms with E-state index in [2.05, 4.69) is 0 Å². The lowest BCUT2D eigenvalue weighted by molar-refractivity contribution is -0.123. The summed E-state index contributed by atoms with van der Waals surface area (Å²) in [5.74, 6) is -4.17. The summed E-state index contributed by atoms with van der Waals surface area (Å²) < 4.78 is 47.5. The normalized spacial score (nSPS) is 11.6. The van der Waals surface area contributed by atoms with E-state index in [-0.39, 0.29) is 0 Å². The van der Waals surface area contributed by atoms with Crippen molar-refractivity contribution in [2.75, 3.05) is 20.6 Å². The van der Waals surface area contributed by atoms with Gasteiger partial charge in [-0.25, -0.2) is 13.6 Å². The number of carbonyl (C=O) groups is 1. The topological polar surface area (TPSA) is 32.3 Å². The average molecular weight is 202 g/mol. The van der Waals surface area contributed by atoms with Crippen LogP contribution in [0.3, 0.4) is 0 Å². The number of halogens is 4. The van der Waals surface area contributed by atoms with Gasteiger partial charge in [0.05, 0.1) is 6.54 Å². The Morgan fingerprint density at radius 2 is 1.92 bits per heavy atom. The van der Waals surface area contributed by atoms with Crippen LogP contribution in [0.1, 0.15) is 0 Å². The molecular weight excluding hydrogens is 192 g/mol. The Hall–Kier alpha value is -1.01. The largest absolute Gasteiger partial charge is 0.332 e. The van der Waals surface area contributed by atoms with Gasteiger partial charge in [-0.05, 0) is 0 Å². The number of urea groups is 1. The predicted molar refractivity (Wildman–Crippen MR) is 38.0 cm³/mol. The molecule has 0 aliphatic carbocycles. The van der Waals surface area contributed by atoms with E-state index in [0.717, 1.165) is 4.90 Å². The van der Waals surface area contributed by atoms with Crippen LogP contribution in [0.2, 0.25) is 0 Å². The zero-order chi connectivity index (χ0) is 10.6. The summed E-state index contributed by atoms with van der Waals surface area (Å²) in [6.45, 7) is -1.36. The van der Waals surface area contributed by atoms with E-state index in [9.17, 15) is 22.4 Å². The molecule has 0 aliphatic heterocycles. The van der Waals surface area contributed by atoms with E-state index < -0.39 is 24.9 Å². The molecule has 0 bridgehead atoms. The van der Waals surface area contributed by atoms with Crippen LogP contribution in [0.25, 0.3) is 0 Å². The molecule has 0 fully saturated rings. The van der Waals surface area contributed by atoms with E-state index in [4.69, 9.17) is 0 Å². The lowest BCUT2D eigenvalue weighted by Crippen LogP contribution is -2.44. The minimum absolute atomic E-state index is 0.833. The third kappa shape index (κ3) is 3.95. The SMILES string of the molecule is CN(C)C(=O)NCC(F)(F)C(F)F. The standard InChI is InChI=1S/C6H10F4N2O/c1-12(2)5(13)11-3-6(9,10)4(7)8/h4H,3H2,1-2H3,(H,11,13). The van der Waals surface area contributed by atoms with Crippen LogP contribution in [0.4, 0.5) is 22.4 Å². The van der Waals surface area contributed by atoms with Gasteiger partial charge in [0, 0.05) is 14.1 Å². The Labute approximate surface area is 72.7 Å². The summed E-state index contributed by atoms with van der Waals surface area (Å²) in [4.78, 5) is 11.6. The van der Waals surface area contributed by atoms with E-state index in [1.807, 2.05) is 0 Å². The molecule has 0 aromatic rings.